The van der Waals surface area contributed by atoms with Crippen molar-refractivity contribution in [3.8, 4) is 0 Å². The average molecular weight is 249 g/mol. The van der Waals surface area contributed by atoms with Crippen molar-refractivity contribution in [3.05, 3.63) is 17.0 Å². The molecule has 1 aromatic heterocycles. The van der Waals surface area contributed by atoms with Gasteiger partial charge in [-0.25, -0.2) is 0 Å². The van der Waals surface area contributed by atoms with Gasteiger partial charge in [0, 0.05) is 18.8 Å². The molecule has 1 aliphatic carbocycles. The molecule has 1 aromatic rings. The summed E-state index contributed by atoms with van der Waals surface area (Å²) in [5, 5.41) is 8.02. The molecular weight excluding hydrogens is 222 g/mol. The van der Waals surface area contributed by atoms with E-state index in [2.05, 4.69) is 31.3 Å². The van der Waals surface area contributed by atoms with Crippen LogP contribution in [0.15, 0.2) is 0 Å². The third-order valence-electron chi connectivity index (χ3n) is 4.61. The van der Waals surface area contributed by atoms with E-state index in [1.54, 1.807) is 0 Å². The van der Waals surface area contributed by atoms with Gasteiger partial charge in [-0.1, -0.05) is 25.7 Å². The van der Waals surface area contributed by atoms with Gasteiger partial charge in [0.1, 0.15) is 0 Å². The highest BCUT2D eigenvalue weighted by atomic mass is 15.3. The molecule has 0 radical (unpaired) electrons. The molecule has 0 bridgehead atoms. The summed E-state index contributed by atoms with van der Waals surface area (Å²) in [6.45, 7) is 4.31. The first-order valence-corrected chi connectivity index (χ1v) is 7.28. The zero-order valence-electron chi connectivity index (χ0n) is 12.3. The van der Waals surface area contributed by atoms with E-state index in [0.29, 0.717) is 6.04 Å². The van der Waals surface area contributed by atoms with Crippen LogP contribution in [0.3, 0.4) is 0 Å². The lowest BCUT2D eigenvalue weighted by Gasteiger charge is -2.20. The van der Waals surface area contributed by atoms with Crippen LogP contribution in [0.1, 0.15) is 49.1 Å². The smallest absolute Gasteiger partial charge is 0.0628 e. The molecule has 18 heavy (non-hydrogen) atoms. The van der Waals surface area contributed by atoms with Crippen molar-refractivity contribution in [1.82, 2.24) is 15.1 Å². The van der Waals surface area contributed by atoms with Gasteiger partial charge in [0.2, 0.25) is 0 Å². The van der Waals surface area contributed by atoms with E-state index in [4.69, 9.17) is 0 Å². The van der Waals surface area contributed by atoms with Gasteiger partial charge in [-0.15, -0.1) is 0 Å². The van der Waals surface area contributed by atoms with Crippen molar-refractivity contribution in [2.75, 3.05) is 7.05 Å². The van der Waals surface area contributed by atoms with Crippen LogP contribution in [0.25, 0.3) is 0 Å². The van der Waals surface area contributed by atoms with Crippen LogP contribution in [-0.4, -0.2) is 22.9 Å². The Morgan fingerprint density at radius 1 is 1.33 bits per heavy atom. The lowest BCUT2D eigenvalue weighted by Crippen LogP contribution is -2.30. The molecule has 3 nitrogen and oxygen atoms in total. The molecule has 1 N–H and O–H groups in total. The second kappa shape index (κ2) is 5.87. The standard InChI is InChI=1S/C15H27N3/c1-11-15(12(2)18(4)17-11)10-14(16-3)9-13-7-5-6-8-13/h13-14,16H,5-10H2,1-4H3. The Bertz CT molecular complexity index is 389. The van der Waals surface area contributed by atoms with Crippen LogP contribution in [0.4, 0.5) is 0 Å². The minimum Gasteiger partial charge on any atom is -0.317 e. The van der Waals surface area contributed by atoms with Crippen LogP contribution < -0.4 is 5.32 Å². The van der Waals surface area contributed by atoms with Crippen molar-refractivity contribution >= 4 is 0 Å². The first-order valence-electron chi connectivity index (χ1n) is 7.28. The summed E-state index contributed by atoms with van der Waals surface area (Å²) >= 11 is 0. The van der Waals surface area contributed by atoms with E-state index < -0.39 is 0 Å². The predicted molar refractivity (Wildman–Crippen MR) is 75.8 cm³/mol. The topological polar surface area (TPSA) is 29.9 Å². The summed E-state index contributed by atoms with van der Waals surface area (Å²) in [7, 11) is 4.14. The third kappa shape index (κ3) is 2.94. The minimum atomic E-state index is 0.606. The number of hydrogen-bond acceptors (Lipinski definition) is 2. The lowest BCUT2D eigenvalue weighted by atomic mass is 9.93. The SMILES string of the molecule is CNC(Cc1c(C)nn(C)c1C)CC1CCCC1. The summed E-state index contributed by atoms with van der Waals surface area (Å²) in [5.74, 6) is 0.944. The molecule has 1 aliphatic rings. The second-order valence-electron chi connectivity index (χ2n) is 5.85. The molecule has 0 amide bonds. The van der Waals surface area contributed by atoms with Crippen LogP contribution in [0, 0.1) is 19.8 Å². The van der Waals surface area contributed by atoms with Crippen molar-refractivity contribution in [2.24, 2.45) is 13.0 Å². The summed E-state index contributed by atoms with van der Waals surface area (Å²) in [4.78, 5) is 0. The molecule has 0 saturated heterocycles. The number of nitrogens with zero attached hydrogens (tertiary/aromatic N) is 2. The largest absolute Gasteiger partial charge is 0.317 e. The molecule has 1 saturated carbocycles. The Labute approximate surface area is 111 Å². The highest BCUT2D eigenvalue weighted by Gasteiger charge is 2.21. The summed E-state index contributed by atoms with van der Waals surface area (Å²) in [5.41, 5.74) is 3.95. The Hall–Kier alpha value is -0.830. The number of aromatic nitrogens is 2. The highest BCUT2D eigenvalue weighted by Crippen LogP contribution is 2.29. The van der Waals surface area contributed by atoms with Crippen molar-refractivity contribution in [1.29, 1.82) is 0 Å². The van der Waals surface area contributed by atoms with Gasteiger partial charge in [0.05, 0.1) is 5.69 Å². The number of nitrogens with one attached hydrogen (secondary N) is 1. The molecule has 3 heteroatoms. The summed E-state index contributed by atoms with van der Waals surface area (Å²) < 4.78 is 2.01. The zero-order valence-corrected chi connectivity index (χ0v) is 12.3. The van der Waals surface area contributed by atoms with Gasteiger partial charge in [0.25, 0.3) is 0 Å². The molecule has 1 unspecified atom stereocenters. The number of hydrogen-bond donors (Lipinski definition) is 1. The molecule has 0 aromatic carbocycles. The van der Waals surface area contributed by atoms with E-state index in [-0.39, 0.29) is 0 Å². The number of rotatable bonds is 5. The molecule has 2 rings (SSSR count). The summed E-state index contributed by atoms with van der Waals surface area (Å²) in [6.07, 6.45) is 8.19. The average Bonchev–Trinajstić information content (AvgIpc) is 2.92. The molecular formula is C15H27N3. The monoisotopic (exact) mass is 249 g/mol. The van der Waals surface area contributed by atoms with Gasteiger partial charge in [-0.05, 0) is 45.2 Å². The van der Waals surface area contributed by atoms with Crippen LogP contribution in [0.5, 0.6) is 0 Å². The van der Waals surface area contributed by atoms with Gasteiger partial charge in [-0.2, -0.15) is 5.10 Å². The molecule has 0 spiro atoms. The predicted octanol–water partition coefficient (Wildman–Crippen LogP) is 2.75. The van der Waals surface area contributed by atoms with Gasteiger partial charge >= 0.3 is 0 Å². The lowest BCUT2D eigenvalue weighted by molar-refractivity contribution is 0.402. The van der Waals surface area contributed by atoms with E-state index in [1.165, 1.54) is 49.1 Å². The number of aryl methyl sites for hydroxylation is 2. The molecule has 0 aliphatic heterocycles. The van der Waals surface area contributed by atoms with E-state index in [0.717, 1.165) is 12.3 Å². The maximum absolute atomic E-state index is 4.52. The second-order valence-corrected chi connectivity index (χ2v) is 5.85. The Morgan fingerprint density at radius 3 is 2.50 bits per heavy atom. The first kappa shape index (κ1) is 13.6. The Kier molecular flexibility index (Phi) is 4.44. The maximum Gasteiger partial charge on any atom is 0.0628 e. The molecule has 1 heterocycles. The van der Waals surface area contributed by atoms with Gasteiger partial charge < -0.3 is 5.32 Å². The zero-order chi connectivity index (χ0) is 13.1. The van der Waals surface area contributed by atoms with Crippen LogP contribution in [-0.2, 0) is 13.5 Å². The van der Waals surface area contributed by atoms with Gasteiger partial charge in [0.15, 0.2) is 0 Å². The maximum atomic E-state index is 4.52. The van der Waals surface area contributed by atoms with E-state index >= 15 is 0 Å². The van der Waals surface area contributed by atoms with Crippen molar-refractivity contribution in [3.63, 3.8) is 0 Å². The Morgan fingerprint density at radius 2 is 2.00 bits per heavy atom. The highest BCUT2D eigenvalue weighted by molar-refractivity contribution is 5.25. The molecule has 1 atom stereocenters. The fourth-order valence-electron chi connectivity index (χ4n) is 3.31. The summed E-state index contributed by atoms with van der Waals surface area (Å²) in [6, 6.07) is 0.606. The molecule has 1 fully saturated rings. The van der Waals surface area contributed by atoms with E-state index in [9.17, 15) is 0 Å². The van der Waals surface area contributed by atoms with Gasteiger partial charge in [-0.3, -0.25) is 4.68 Å². The van der Waals surface area contributed by atoms with Crippen molar-refractivity contribution < 1.29 is 0 Å². The fraction of sp³-hybridized carbons (Fsp3) is 0.800. The Balaban J connectivity index is 2.00. The first-order chi connectivity index (χ1) is 8.61. The number of likely N-dealkylation sites (N-methyl/N-ethyl adjacent to an activating group) is 1. The van der Waals surface area contributed by atoms with Crippen LogP contribution >= 0.6 is 0 Å². The third-order valence-corrected chi connectivity index (χ3v) is 4.61. The normalized spacial score (nSPS) is 18.4. The minimum absolute atomic E-state index is 0.606. The van der Waals surface area contributed by atoms with Crippen molar-refractivity contribution in [2.45, 2.75) is 58.4 Å². The molecule has 102 valence electrons. The van der Waals surface area contributed by atoms with E-state index in [1.807, 2.05) is 11.7 Å². The van der Waals surface area contributed by atoms with Crippen LogP contribution in [0.2, 0.25) is 0 Å². The fourth-order valence-corrected chi connectivity index (χ4v) is 3.31. The quantitative estimate of drug-likeness (QED) is 0.869.